The SMILES string of the molecule is Cn1c(SCC2CC2)nnc1C(O)CC(C)(C)C. The first-order valence-electron chi connectivity index (χ1n) is 6.57. The Morgan fingerprint density at radius 3 is 2.61 bits per heavy atom. The smallest absolute Gasteiger partial charge is 0.191 e. The molecule has 1 unspecified atom stereocenters. The molecule has 0 bridgehead atoms. The number of nitrogens with zero attached hydrogens (tertiary/aromatic N) is 3. The topological polar surface area (TPSA) is 50.9 Å². The molecule has 1 saturated carbocycles. The molecule has 18 heavy (non-hydrogen) atoms. The summed E-state index contributed by atoms with van der Waals surface area (Å²) in [5.74, 6) is 2.68. The highest BCUT2D eigenvalue weighted by Gasteiger charge is 2.25. The number of aromatic nitrogens is 3. The Morgan fingerprint density at radius 2 is 2.06 bits per heavy atom. The van der Waals surface area contributed by atoms with Gasteiger partial charge in [0.25, 0.3) is 0 Å². The molecule has 1 fully saturated rings. The van der Waals surface area contributed by atoms with E-state index in [2.05, 4.69) is 31.0 Å². The maximum atomic E-state index is 10.2. The number of thioether (sulfide) groups is 1. The summed E-state index contributed by atoms with van der Waals surface area (Å²) in [5.41, 5.74) is 0.0900. The van der Waals surface area contributed by atoms with Crippen LogP contribution in [0, 0.1) is 11.3 Å². The van der Waals surface area contributed by atoms with Crippen LogP contribution < -0.4 is 0 Å². The van der Waals surface area contributed by atoms with Gasteiger partial charge in [-0.2, -0.15) is 0 Å². The summed E-state index contributed by atoms with van der Waals surface area (Å²) in [6.45, 7) is 6.36. The number of hydrogen-bond donors (Lipinski definition) is 1. The van der Waals surface area contributed by atoms with Crippen molar-refractivity contribution in [3.63, 3.8) is 0 Å². The molecule has 0 radical (unpaired) electrons. The average molecular weight is 269 g/mol. The molecule has 102 valence electrons. The normalized spacial score (nSPS) is 18.1. The van der Waals surface area contributed by atoms with Gasteiger partial charge in [0.2, 0.25) is 0 Å². The highest BCUT2D eigenvalue weighted by atomic mass is 32.2. The molecule has 0 aliphatic heterocycles. The summed E-state index contributed by atoms with van der Waals surface area (Å²) >= 11 is 1.75. The van der Waals surface area contributed by atoms with Crippen LogP contribution in [0.3, 0.4) is 0 Å². The molecular weight excluding hydrogens is 246 g/mol. The van der Waals surface area contributed by atoms with Gasteiger partial charge in [0.15, 0.2) is 11.0 Å². The third kappa shape index (κ3) is 3.72. The minimum atomic E-state index is -0.530. The highest BCUT2D eigenvalue weighted by Crippen LogP contribution is 2.35. The molecule has 0 amide bonds. The van der Waals surface area contributed by atoms with Crippen molar-refractivity contribution in [1.29, 1.82) is 0 Å². The van der Waals surface area contributed by atoms with Crippen molar-refractivity contribution >= 4 is 11.8 Å². The second-order valence-corrected chi connectivity index (χ2v) is 7.42. The molecule has 0 spiro atoms. The Labute approximate surface area is 113 Å². The summed E-state index contributed by atoms with van der Waals surface area (Å²) in [6.07, 6.45) is 2.87. The number of aliphatic hydroxyl groups excluding tert-OH is 1. The lowest BCUT2D eigenvalue weighted by Crippen LogP contribution is -2.15. The van der Waals surface area contributed by atoms with Crippen LogP contribution in [0.25, 0.3) is 0 Å². The van der Waals surface area contributed by atoms with Crippen LogP contribution in [0.1, 0.15) is 52.0 Å². The summed E-state index contributed by atoms with van der Waals surface area (Å²) in [4.78, 5) is 0. The van der Waals surface area contributed by atoms with Crippen molar-refractivity contribution in [2.24, 2.45) is 18.4 Å². The third-order valence-electron chi connectivity index (χ3n) is 3.12. The molecule has 1 aliphatic carbocycles. The van der Waals surface area contributed by atoms with Crippen molar-refractivity contribution in [2.75, 3.05) is 5.75 Å². The fraction of sp³-hybridized carbons (Fsp3) is 0.846. The van der Waals surface area contributed by atoms with Crippen LogP contribution in [0.15, 0.2) is 5.16 Å². The third-order valence-corrected chi connectivity index (χ3v) is 4.37. The van der Waals surface area contributed by atoms with Crippen LogP contribution in [0.5, 0.6) is 0 Å². The Bertz CT molecular complexity index is 407. The highest BCUT2D eigenvalue weighted by molar-refractivity contribution is 7.99. The Hall–Kier alpha value is -0.550. The van der Waals surface area contributed by atoms with Gasteiger partial charge in [0, 0.05) is 12.8 Å². The van der Waals surface area contributed by atoms with E-state index in [1.165, 1.54) is 12.8 Å². The zero-order chi connectivity index (χ0) is 13.3. The van der Waals surface area contributed by atoms with Crippen molar-refractivity contribution in [3.05, 3.63) is 5.82 Å². The largest absolute Gasteiger partial charge is 0.385 e. The Kier molecular flexibility index (Phi) is 4.02. The number of hydrogen-bond acceptors (Lipinski definition) is 4. The van der Waals surface area contributed by atoms with Crippen molar-refractivity contribution in [1.82, 2.24) is 14.8 Å². The van der Waals surface area contributed by atoms with Gasteiger partial charge in [-0.05, 0) is 30.6 Å². The predicted octanol–water partition coefficient (Wildman–Crippen LogP) is 2.79. The standard InChI is InChI=1S/C13H23N3OS/c1-13(2,3)7-10(17)11-14-15-12(16(11)4)18-8-9-5-6-9/h9-10,17H,5-8H2,1-4H3. The van der Waals surface area contributed by atoms with E-state index in [-0.39, 0.29) is 5.41 Å². The summed E-state index contributed by atoms with van der Waals surface area (Å²) in [5, 5.41) is 19.5. The van der Waals surface area contributed by atoms with E-state index in [0.717, 1.165) is 16.8 Å². The fourth-order valence-electron chi connectivity index (χ4n) is 1.89. The minimum absolute atomic E-state index is 0.0900. The van der Waals surface area contributed by atoms with Crippen LogP contribution in [0.4, 0.5) is 0 Å². The van der Waals surface area contributed by atoms with E-state index < -0.39 is 6.10 Å². The van der Waals surface area contributed by atoms with Gasteiger partial charge in [0.05, 0.1) is 0 Å². The first-order valence-corrected chi connectivity index (χ1v) is 7.55. The summed E-state index contributed by atoms with van der Waals surface area (Å²) in [7, 11) is 1.94. The number of aliphatic hydroxyl groups is 1. The van der Waals surface area contributed by atoms with Crippen LogP contribution in [0.2, 0.25) is 0 Å². The molecule has 4 nitrogen and oxygen atoms in total. The second-order valence-electron chi connectivity index (χ2n) is 6.43. The van der Waals surface area contributed by atoms with Gasteiger partial charge >= 0.3 is 0 Å². The molecule has 0 saturated heterocycles. The van der Waals surface area contributed by atoms with Gasteiger partial charge < -0.3 is 9.67 Å². The molecule has 1 heterocycles. The molecule has 5 heteroatoms. The van der Waals surface area contributed by atoms with E-state index in [1.54, 1.807) is 11.8 Å². The first-order chi connectivity index (χ1) is 8.37. The molecule has 1 aliphatic rings. The van der Waals surface area contributed by atoms with E-state index >= 15 is 0 Å². The van der Waals surface area contributed by atoms with Crippen molar-refractivity contribution < 1.29 is 5.11 Å². The average Bonchev–Trinajstić information content (AvgIpc) is 2.97. The van der Waals surface area contributed by atoms with Gasteiger partial charge in [-0.3, -0.25) is 0 Å². The van der Waals surface area contributed by atoms with Gasteiger partial charge in [-0.1, -0.05) is 32.5 Å². The lowest BCUT2D eigenvalue weighted by atomic mass is 9.89. The summed E-state index contributed by atoms with van der Waals surface area (Å²) < 4.78 is 1.93. The maximum absolute atomic E-state index is 10.2. The molecule has 1 atom stereocenters. The Morgan fingerprint density at radius 1 is 1.39 bits per heavy atom. The molecule has 1 aromatic rings. The molecule has 0 aromatic carbocycles. The van der Waals surface area contributed by atoms with Crippen molar-refractivity contribution in [2.45, 2.75) is 51.3 Å². The summed E-state index contributed by atoms with van der Waals surface area (Å²) in [6, 6.07) is 0. The minimum Gasteiger partial charge on any atom is -0.385 e. The molecule has 1 aromatic heterocycles. The van der Waals surface area contributed by atoms with Gasteiger partial charge in [-0.25, -0.2) is 0 Å². The monoisotopic (exact) mass is 269 g/mol. The quantitative estimate of drug-likeness (QED) is 0.835. The first kappa shape index (κ1) is 13.9. The molecule has 1 N–H and O–H groups in total. The van der Waals surface area contributed by atoms with E-state index in [1.807, 2.05) is 11.6 Å². The maximum Gasteiger partial charge on any atom is 0.191 e. The van der Waals surface area contributed by atoms with E-state index in [9.17, 15) is 5.11 Å². The van der Waals surface area contributed by atoms with Gasteiger partial charge in [-0.15, -0.1) is 10.2 Å². The zero-order valence-corrected chi connectivity index (χ0v) is 12.5. The fourth-order valence-corrected chi connectivity index (χ4v) is 2.99. The predicted molar refractivity (Wildman–Crippen MR) is 73.5 cm³/mol. The lowest BCUT2D eigenvalue weighted by molar-refractivity contribution is 0.111. The van der Waals surface area contributed by atoms with E-state index in [0.29, 0.717) is 12.2 Å². The molecular formula is C13H23N3OS. The van der Waals surface area contributed by atoms with E-state index in [4.69, 9.17) is 0 Å². The second kappa shape index (κ2) is 5.21. The van der Waals surface area contributed by atoms with Crippen molar-refractivity contribution in [3.8, 4) is 0 Å². The van der Waals surface area contributed by atoms with Crippen LogP contribution in [-0.2, 0) is 7.05 Å². The number of rotatable bonds is 5. The van der Waals surface area contributed by atoms with Crippen LogP contribution in [-0.4, -0.2) is 25.6 Å². The lowest BCUT2D eigenvalue weighted by Gasteiger charge is -2.21. The zero-order valence-electron chi connectivity index (χ0n) is 11.7. The van der Waals surface area contributed by atoms with Gasteiger partial charge in [0.1, 0.15) is 6.10 Å². The molecule has 2 rings (SSSR count). The van der Waals surface area contributed by atoms with Crippen LogP contribution >= 0.6 is 11.8 Å². The Balaban J connectivity index is 1.99.